The van der Waals surface area contributed by atoms with Gasteiger partial charge in [0, 0.05) is 12.2 Å². The molecule has 3 aromatic rings. The maximum absolute atomic E-state index is 14.9. The second-order valence-electron chi connectivity index (χ2n) is 9.36. The minimum atomic E-state index is -1.05. The zero-order chi connectivity index (χ0) is 27.1. The topological polar surface area (TPSA) is 27.7 Å². The Hall–Kier alpha value is -3.32. The van der Waals surface area contributed by atoms with E-state index in [1.165, 1.54) is 18.2 Å². The maximum Gasteiger partial charge on any atom is 0.201 e. The van der Waals surface area contributed by atoms with Crippen LogP contribution in [0.25, 0.3) is 11.1 Å². The molecule has 1 fully saturated rings. The lowest BCUT2D eigenvalue weighted by atomic mass is 9.82. The summed E-state index contributed by atoms with van der Waals surface area (Å²) < 4.78 is 75.2. The fourth-order valence-corrected chi connectivity index (χ4v) is 4.81. The van der Waals surface area contributed by atoms with Crippen molar-refractivity contribution in [3.05, 3.63) is 95.6 Å². The Kier molecular flexibility index (Phi) is 9.45. The summed E-state index contributed by atoms with van der Waals surface area (Å²) in [4.78, 5) is 0. The van der Waals surface area contributed by atoms with E-state index in [1.54, 1.807) is 36.4 Å². The predicted molar refractivity (Wildman–Crippen MR) is 139 cm³/mol. The fourth-order valence-electron chi connectivity index (χ4n) is 4.81. The van der Waals surface area contributed by atoms with Gasteiger partial charge >= 0.3 is 0 Å². The largest absolute Gasteiger partial charge is 0.490 e. The van der Waals surface area contributed by atoms with Crippen LogP contribution in [-0.2, 0) is 11.3 Å². The number of rotatable bonds is 11. The molecule has 0 unspecified atom stereocenters. The zero-order valence-electron chi connectivity index (χ0n) is 21.5. The highest BCUT2D eigenvalue weighted by Crippen LogP contribution is 2.37. The number of benzene rings is 3. The van der Waals surface area contributed by atoms with E-state index in [9.17, 15) is 17.6 Å². The molecule has 0 atom stereocenters. The molecule has 3 aromatic carbocycles. The second-order valence-corrected chi connectivity index (χ2v) is 9.36. The highest BCUT2D eigenvalue weighted by atomic mass is 19.2. The minimum Gasteiger partial charge on any atom is -0.490 e. The van der Waals surface area contributed by atoms with Crippen molar-refractivity contribution in [2.24, 2.45) is 0 Å². The summed E-state index contributed by atoms with van der Waals surface area (Å²) in [5.74, 6) is -4.29. The monoisotopic (exact) mass is 528 g/mol. The van der Waals surface area contributed by atoms with Crippen LogP contribution >= 0.6 is 0 Å². The summed E-state index contributed by atoms with van der Waals surface area (Å²) in [5.41, 5.74) is 1.59. The summed E-state index contributed by atoms with van der Waals surface area (Å²) in [5, 5.41) is 0. The van der Waals surface area contributed by atoms with Gasteiger partial charge in [0.05, 0.1) is 12.7 Å². The van der Waals surface area contributed by atoms with Crippen LogP contribution in [0.5, 0.6) is 11.5 Å². The zero-order valence-corrected chi connectivity index (χ0v) is 21.5. The highest BCUT2D eigenvalue weighted by molar-refractivity contribution is 5.65. The summed E-state index contributed by atoms with van der Waals surface area (Å²) in [6, 6.07) is 12.5. The van der Waals surface area contributed by atoms with Gasteiger partial charge in [-0.3, -0.25) is 0 Å². The van der Waals surface area contributed by atoms with Crippen molar-refractivity contribution < 1.29 is 31.8 Å². The average Bonchev–Trinajstić information content (AvgIpc) is 2.93. The van der Waals surface area contributed by atoms with Gasteiger partial charge in [-0.2, -0.15) is 8.78 Å². The molecule has 0 N–H and O–H groups in total. The van der Waals surface area contributed by atoms with Crippen molar-refractivity contribution in [3.8, 4) is 22.6 Å². The van der Waals surface area contributed by atoms with E-state index in [0.29, 0.717) is 29.7 Å². The van der Waals surface area contributed by atoms with Crippen LogP contribution in [0, 0.1) is 23.3 Å². The molecule has 0 aliphatic heterocycles. The molecule has 1 aliphatic rings. The van der Waals surface area contributed by atoms with Crippen molar-refractivity contribution in [2.75, 3.05) is 13.2 Å². The molecule has 3 nitrogen and oxygen atoms in total. The van der Waals surface area contributed by atoms with Crippen LogP contribution in [0.15, 0.2) is 61.2 Å². The van der Waals surface area contributed by atoms with E-state index in [2.05, 4.69) is 6.58 Å². The van der Waals surface area contributed by atoms with Crippen molar-refractivity contribution in [3.63, 3.8) is 0 Å². The van der Waals surface area contributed by atoms with E-state index >= 15 is 0 Å². The number of halogens is 4. The lowest BCUT2D eigenvalue weighted by Crippen LogP contribution is -2.21. The third-order valence-electron chi connectivity index (χ3n) is 6.88. The Bertz CT molecular complexity index is 1230. The Labute approximate surface area is 221 Å². The van der Waals surface area contributed by atoms with Crippen LogP contribution in [0.2, 0.25) is 0 Å². The second kappa shape index (κ2) is 13.0. The van der Waals surface area contributed by atoms with Crippen molar-refractivity contribution in [2.45, 2.75) is 57.7 Å². The first-order valence-electron chi connectivity index (χ1n) is 13.0. The van der Waals surface area contributed by atoms with Gasteiger partial charge in [-0.1, -0.05) is 36.4 Å². The Balaban J connectivity index is 1.39. The molecule has 0 spiro atoms. The van der Waals surface area contributed by atoms with Crippen molar-refractivity contribution in [1.82, 2.24) is 0 Å². The Morgan fingerprint density at radius 3 is 2.13 bits per heavy atom. The SMILES string of the molecule is C=CCCOc1ccc(-c2ccc(COc3ccc(C4CCC(OCC)CC4)c(F)c3F)cc2)c(F)c1F. The lowest BCUT2D eigenvalue weighted by molar-refractivity contribution is 0.0325. The standard InChI is InChI=1S/C31H32F4O3/c1-3-5-18-37-26-16-14-24(28(32)30(26)34)21-8-6-20(7-9-21)19-38-27-17-15-25(29(33)31(27)35)22-10-12-23(13-11-22)36-4-2/h3,6-9,14-17,22-23H,1,4-5,10-13,18-19H2,2H3. The molecule has 0 aromatic heterocycles. The molecule has 0 bridgehead atoms. The van der Waals surface area contributed by atoms with Crippen molar-refractivity contribution in [1.29, 1.82) is 0 Å². The molecule has 1 aliphatic carbocycles. The van der Waals surface area contributed by atoms with E-state index in [0.717, 1.165) is 25.7 Å². The summed E-state index contributed by atoms with van der Waals surface area (Å²) >= 11 is 0. The molecule has 1 saturated carbocycles. The first-order valence-corrected chi connectivity index (χ1v) is 13.0. The maximum atomic E-state index is 14.9. The van der Waals surface area contributed by atoms with Gasteiger partial charge in [-0.25, -0.2) is 8.78 Å². The first-order chi connectivity index (χ1) is 18.4. The van der Waals surface area contributed by atoms with Crippen LogP contribution in [0.4, 0.5) is 17.6 Å². The van der Waals surface area contributed by atoms with Gasteiger partial charge < -0.3 is 14.2 Å². The van der Waals surface area contributed by atoms with Crippen LogP contribution in [0.1, 0.15) is 56.1 Å². The van der Waals surface area contributed by atoms with Gasteiger partial charge in [0.25, 0.3) is 0 Å². The van der Waals surface area contributed by atoms with Gasteiger partial charge in [-0.05, 0) is 79.8 Å². The number of hydrogen-bond donors (Lipinski definition) is 0. The summed E-state index contributed by atoms with van der Waals surface area (Å²) in [6.07, 6.45) is 5.50. The highest BCUT2D eigenvalue weighted by Gasteiger charge is 2.27. The Morgan fingerprint density at radius 2 is 1.45 bits per heavy atom. The predicted octanol–water partition coefficient (Wildman–Crippen LogP) is 8.51. The molecule has 0 radical (unpaired) electrons. The fraction of sp³-hybridized carbons (Fsp3) is 0.355. The normalized spacial score (nSPS) is 17.3. The van der Waals surface area contributed by atoms with Gasteiger partial charge in [0.2, 0.25) is 11.6 Å². The van der Waals surface area contributed by atoms with Gasteiger partial charge in [0.15, 0.2) is 23.1 Å². The molecular formula is C31H32F4O3. The Morgan fingerprint density at radius 1 is 0.789 bits per heavy atom. The van der Waals surface area contributed by atoms with E-state index in [1.807, 2.05) is 6.92 Å². The van der Waals surface area contributed by atoms with Crippen LogP contribution in [-0.4, -0.2) is 19.3 Å². The molecule has 202 valence electrons. The quantitative estimate of drug-likeness (QED) is 0.142. The smallest absolute Gasteiger partial charge is 0.201 e. The lowest BCUT2D eigenvalue weighted by Gasteiger charge is -2.29. The number of hydrogen-bond acceptors (Lipinski definition) is 3. The van der Waals surface area contributed by atoms with Gasteiger partial charge in [0.1, 0.15) is 6.61 Å². The van der Waals surface area contributed by atoms with Gasteiger partial charge in [-0.15, -0.1) is 6.58 Å². The molecule has 0 amide bonds. The minimum absolute atomic E-state index is 0.0115. The average molecular weight is 529 g/mol. The molecule has 0 heterocycles. The van der Waals surface area contributed by atoms with E-state index in [-0.39, 0.29) is 42.3 Å². The summed E-state index contributed by atoms with van der Waals surface area (Å²) in [7, 11) is 0. The summed E-state index contributed by atoms with van der Waals surface area (Å²) in [6.45, 7) is 6.37. The number of ether oxygens (including phenoxy) is 3. The molecule has 4 rings (SSSR count). The molecule has 0 saturated heterocycles. The third kappa shape index (κ3) is 6.38. The van der Waals surface area contributed by atoms with Crippen LogP contribution in [0.3, 0.4) is 0 Å². The van der Waals surface area contributed by atoms with E-state index in [4.69, 9.17) is 14.2 Å². The van der Waals surface area contributed by atoms with Crippen molar-refractivity contribution >= 4 is 0 Å². The molecule has 7 heteroatoms. The van der Waals surface area contributed by atoms with Crippen LogP contribution < -0.4 is 9.47 Å². The van der Waals surface area contributed by atoms with E-state index < -0.39 is 23.3 Å². The third-order valence-corrected chi connectivity index (χ3v) is 6.88. The first kappa shape index (κ1) is 27.7. The molecular weight excluding hydrogens is 496 g/mol. The molecule has 38 heavy (non-hydrogen) atoms.